The number of piperidine rings is 1. The number of hydrogen-bond donors (Lipinski definition) is 1. The first-order valence-electron chi connectivity index (χ1n) is 10.9. The Hall–Kier alpha value is -2.02. The van der Waals surface area contributed by atoms with Crippen molar-refractivity contribution in [1.29, 1.82) is 0 Å². The summed E-state index contributed by atoms with van der Waals surface area (Å²) in [4.78, 5) is 19.3. The number of nitrogens with one attached hydrogen (secondary N) is 1. The number of benzene rings is 1. The van der Waals surface area contributed by atoms with Crippen LogP contribution < -0.4 is 4.90 Å². The summed E-state index contributed by atoms with van der Waals surface area (Å²) in [7, 11) is 1.72. The Kier molecular flexibility index (Phi) is 6.37. The van der Waals surface area contributed by atoms with E-state index in [1.165, 1.54) is 14.6 Å². The van der Waals surface area contributed by atoms with Crippen molar-refractivity contribution in [3.63, 3.8) is 0 Å². The summed E-state index contributed by atoms with van der Waals surface area (Å²) >= 11 is 1.83. The minimum absolute atomic E-state index is 0.230. The van der Waals surface area contributed by atoms with Crippen LogP contribution >= 0.6 is 11.3 Å². The van der Waals surface area contributed by atoms with Gasteiger partial charge in [0.05, 0.1) is 41.0 Å². The number of ketones is 1. The van der Waals surface area contributed by atoms with E-state index in [0.717, 1.165) is 48.4 Å². The van der Waals surface area contributed by atoms with E-state index in [1.54, 1.807) is 7.11 Å². The molecule has 1 aliphatic heterocycles. The molecular formula is C24H32N3O2S+. The summed E-state index contributed by atoms with van der Waals surface area (Å²) in [5.74, 6) is 0.786. The van der Waals surface area contributed by atoms with Crippen LogP contribution in [0, 0.1) is 13.8 Å². The third-order valence-electron chi connectivity index (χ3n) is 6.40. The number of carbonyl (C=O) groups excluding carboxylic acids is 1. The minimum atomic E-state index is 0.230. The van der Waals surface area contributed by atoms with Crippen molar-refractivity contribution in [3.8, 4) is 0 Å². The first-order chi connectivity index (χ1) is 14.5. The number of Topliss-reactive ketones (excluding diaryl/α,β-unsaturated/α-hetero) is 1. The minimum Gasteiger partial charge on any atom is -0.383 e. The first kappa shape index (κ1) is 21.2. The van der Waals surface area contributed by atoms with Crippen molar-refractivity contribution in [2.75, 3.05) is 33.4 Å². The number of thiazole rings is 1. The van der Waals surface area contributed by atoms with Gasteiger partial charge in [-0.15, -0.1) is 11.3 Å². The number of aromatic nitrogens is 2. The molecule has 160 valence electrons. The van der Waals surface area contributed by atoms with Gasteiger partial charge >= 0.3 is 0 Å². The van der Waals surface area contributed by atoms with Gasteiger partial charge in [-0.2, -0.15) is 0 Å². The smallest absolute Gasteiger partial charge is 0.218 e. The molecule has 30 heavy (non-hydrogen) atoms. The average Bonchev–Trinajstić information content (AvgIpc) is 3.29. The quantitative estimate of drug-likeness (QED) is 0.588. The lowest BCUT2D eigenvalue weighted by atomic mass is 9.97. The number of likely N-dealkylation sites (tertiary alicyclic amines) is 1. The summed E-state index contributed by atoms with van der Waals surface area (Å²) in [5.41, 5.74) is 4.17. The SMILES string of the molecule is COC[C@@H](C)n1c(C)cc(C(=O)C[NH+]2CCC(c3nc4ccccc4s3)CC2)c1C. The fourth-order valence-electron chi connectivity index (χ4n) is 4.89. The van der Waals surface area contributed by atoms with Crippen LogP contribution in [0.15, 0.2) is 30.3 Å². The van der Waals surface area contributed by atoms with Gasteiger partial charge in [-0.3, -0.25) is 4.79 Å². The van der Waals surface area contributed by atoms with Crippen LogP contribution in [0.3, 0.4) is 0 Å². The zero-order valence-electron chi connectivity index (χ0n) is 18.4. The van der Waals surface area contributed by atoms with Gasteiger partial charge in [-0.25, -0.2) is 4.98 Å². The van der Waals surface area contributed by atoms with Crippen LogP contribution in [0.2, 0.25) is 0 Å². The van der Waals surface area contributed by atoms with Crippen LogP contribution in [0.4, 0.5) is 0 Å². The van der Waals surface area contributed by atoms with E-state index >= 15 is 0 Å². The molecule has 0 unspecified atom stereocenters. The van der Waals surface area contributed by atoms with E-state index < -0.39 is 0 Å². The summed E-state index contributed by atoms with van der Waals surface area (Å²) in [5, 5.41) is 1.26. The number of methoxy groups -OCH3 is 1. The van der Waals surface area contributed by atoms with Gasteiger partial charge in [0, 0.05) is 42.8 Å². The van der Waals surface area contributed by atoms with E-state index in [2.05, 4.69) is 55.7 Å². The van der Waals surface area contributed by atoms with Crippen molar-refractivity contribution < 1.29 is 14.4 Å². The number of ether oxygens (including phenoxy) is 1. The Morgan fingerprint density at radius 2 is 2.03 bits per heavy atom. The van der Waals surface area contributed by atoms with Crippen LogP contribution in [0.25, 0.3) is 10.2 Å². The van der Waals surface area contributed by atoms with Gasteiger partial charge in [-0.1, -0.05) is 12.1 Å². The number of para-hydroxylation sites is 1. The molecule has 0 saturated carbocycles. The van der Waals surface area contributed by atoms with Crippen molar-refractivity contribution >= 4 is 27.3 Å². The zero-order valence-corrected chi connectivity index (χ0v) is 19.2. The third kappa shape index (κ3) is 4.22. The number of nitrogens with zero attached hydrogens (tertiary/aromatic N) is 2. The standard InChI is InChI=1S/C24H31N3O2S/c1-16-13-20(18(3)27(16)17(2)15-29-4)22(28)14-26-11-9-19(10-12-26)24-25-21-7-5-6-8-23(21)30-24/h5-8,13,17,19H,9-12,14-15H2,1-4H3/p+1/t17-/m1/s1. The molecule has 1 saturated heterocycles. The predicted molar refractivity (Wildman–Crippen MR) is 122 cm³/mol. The molecule has 3 heterocycles. The number of hydrogen-bond acceptors (Lipinski definition) is 4. The maximum atomic E-state index is 13.1. The Morgan fingerprint density at radius 1 is 1.30 bits per heavy atom. The second kappa shape index (κ2) is 9.00. The van der Waals surface area contributed by atoms with Gasteiger partial charge < -0.3 is 14.2 Å². The summed E-state index contributed by atoms with van der Waals surface area (Å²) in [6, 6.07) is 10.7. The second-order valence-electron chi connectivity index (χ2n) is 8.60. The number of aryl methyl sites for hydroxylation is 1. The molecule has 1 atom stereocenters. The number of rotatable bonds is 7. The molecule has 0 aliphatic carbocycles. The molecule has 0 radical (unpaired) electrons. The Morgan fingerprint density at radius 3 is 2.73 bits per heavy atom. The van der Waals surface area contributed by atoms with E-state index in [4.69, 9.17) is 9.72 Å². The van der Waals surface area contributed by atoms with E-state index in [9.17, 15) is 4.79 Å². The maximum Gasteiger partial charge on any atom is 0.218 e. The predicted octanol–water partition coefficient (Wildman–Crippen LogP) is 3.57. The van der Waals surface area contributed by atoms with Crippen molar-refractivity contribution in [2.45, 2.75) is 45.6 Å². The fourth-order valence-corrected chi connectivity index (χ4v) is 6.03. The molecule has 6 heteroatoms. The van der Waals surface area contributed by atoms with Gasteiger partial charge in [0.15, 0.2) is 0 Å². The normalized spacial score (nSPS) is 20.5. The summed E-state index contributed by atoms with van der Waals surface area (Å²) < 4.78 is 8.81. The highest BCUT2D eigenvalue weighted by Gasteiger charge is 2.28. The van der Waals surface area contributed by atoms with Gasteiger partial charge in [0.2, 0.25) is 5.78 Å². The highest BCUT2D eigenvalue weighted by atomic mass is 32.1. The molecule has 1 aromatic carbocycles. The van der Waals surface area contributed by atoms with Crippen LogP contribution in [0.1, 0.15) is 58.5 Å². The molecule has 2 aromatic heterocycles. The lowest BCUT2D eigenvalue weighted by Gasteiger charge is -2.27. The van der Waals surface area contributed by atoms with Crippen molar-refractivity contribution in [1.82, 2.24) is 9.55 Å². The molecule has 1 fully saturated rings. The largest absolute Gasteiger partial charge is 0.383 e. The summed E-state index contributed by atoms with van der Waals surface area (Å²) in [6.07, 6.45) is 2.21. The first-order valence-corrected chi connectivity index (χ1v) is 11.7. The highest BCUT2D eigenvalue weighted by molar-refractivity contribution is 7.18. The second-order valence-corrected chi connectivity index (χ2v) is 9.67. The molecule has 5 nitrogen and oxygen atoms in total. The monoisotopic (exact) mass is 426 g/mol. The molecular weight excluding hydrogens is 394 g/mol. The maximum absolute atomic E-state index is 13.1. The molecule has 4 rings (SSSR count). The number of carbonyl (C=O) groups is 1. The van der Waals surface area contributed by atoms with E-state index in [-0.39, 0.29) is 11.8 Å². The molecule has 0 spiro atoms. The lowest BCUT2D eigenvalue weighted by molar-refractivity contribution is -0.896. The Bertz CT molecular complexity index is 997. The van der Waals surface area contributed by atoms with Crippen LogP contribution in [-0.2, 0) is 4.74 Å². The topological polar surface area (TPSA) is 48.6 Å². The van der Waals surface area contributed by atoms with Gasteiger partial charge in [0.25, 0.3) is 0 Å². The van der Waals surface area contributed by atoms with E-state index in [1.807, 2.05) is 11.3 Å². The van der Waals surface area contributed by atoms with Gasteiger partial charge in [0.1, 0.15) is 6.54 Å². The van der Waals surface area contributed by atoms with E-state index in [0.29, 0.717) is 19.1 Å². The molecule has 0 bridgehead atoms. The molecule has 0 amide bonds. The zero-order chi connectivity index (χ0) is 21.3. The van der Waals surface area contributed by atoms with Crippen LogP contribution in [-0.4, -0.2) is 48.7 Å². The van der Waals surface area contributed by atoms with Crippen LogP contribution in [0.5, 0.6) is 0 Å². The Labute approximate surface area is 182 Å². The fraction of sp³-hybridized carbons (Fsp3) is 0.500. The molecule has 1 N–H and O–H groups in total. The Balaban J connectivity index is 1.38. The molecule has 3 aromatic rings. The van der Waals surface area contributed by atoms with Crippen molar-refractivity contribution in [2.24, 2.45) is 0 Å². The highest BCUT2D eigenvalue weighted by Crippen LogP contribution is 2.31. The average molecular weight is 427 g/mol. The number of fused-ring (bicyclic) bond motifs is 1. The van der Waals surface area contributed by atoms with Crippen molar-refractivity contribution in [3.05, 3.63) is 52.3 Å². The molecule has 1 aliphatic rings. The third-order valence-corrected chi connectivity index (χ3v) is 7.60. The lowest BCUT2D eigenvalue weighted by Crippen LogP contribution is -3.13. The summed E-state index contributed by atoms with van der Waals surface area (Å²) in [6.45, 7) is 9.56. The van der Waals surface area contributed by atoms with Gasteiger partial charge in [-0.05, 0) is 39.0 Å². The number of quaternary nitrogens is 1.